The van der Waals surface area contributed by atoms with E-state index in [0.717, 1.165) is 26.1 Å². The zero-order valence-corrected chi connectivity index (χ0v) is 9.15. The summed E-state index contributed by atoms with van der Waals surface area (Å²) >= 11 is 8.02. The van der Waals surface area contributed by atoms with Crippen LogP contribution in [0.2, 0.25) is 5.02 Å². The Labute approximate surface area is 89.2 Å². The first-order valence-corrected chi connectivity index (χ1v) is 5.15. The number of rotatable bonds is 0. The van der Waals surface area contributed by atoms with Crippen LogP contribution in [0.25, 0.3) is 0 Å². The number of aryl methyl sites for hydroxylation is 1. The molecule has 0 atom stereocenters. The molecule has 1 aliphatic rings. The summed E-state index contributed by atoms with van der Waals surface area (Å²) in [7, 11) is 0. The lowest BCUT2D eigenvalue weighted by Crippen LogP contribution is -1.94. The molecule has 0 saturated carbocycles. The summed E-state index contributed by atoms with van der Waals surface area (Å²) in [5.41, 5.74) is 2.00. The fraction of sp³-hybridized carbons (Fsp3) is 0.222. The molecule has 1 aromatic carbocycles. The molecule has 62 valence electrons. The van der Waals surface area contributed by atoms with Crippen molar-refractivity contribution in [3.63, 3.8) is 0 Å². The molecule has 0 aliphatic heterocycles. The summed E-state index contributed by atoms with van der Waals surface area (Å²) in [6, 6.07) is 3.73. The van der Waals surface area contributed by atoms with E-state index in [1.165, 1.54) is 0 Å². The Kier molecular flexibility index (Phi) is 2.12. The van der Waals surface area contributed by atoms with Gasteiger partial charge in [-0.2, -0.15) is 0 Å². The van der Waals surface area contributed by atoms with Gasteiger partial charge in [0.1, 0.15) is 0 Å². The number of Topliss-reactive ketones (excluding diaryl/α,β-unsaturated/α-hetero) is 1. The largest absolute Gasteiger partial charge is 0.294 e. The molecule has 1 aromatic rings. The van der Waals surface area contributed by atoms with Crippen LogP contribution in [0.5, 0.6) is 0 Å². The molecule has 1 aliphatic carbocycles. The van der Waals surface area contributed by atoms with Gasteiger partial charge in [0.05, 0.1) is 0 Å². The Balaban J connectivity index is 2.68. The zero-order valence-electron chi connectivity index (χ0n) is 6.23. The van der Waals surface area contributed by atoms with Crippen LogP contribution in [0.4, 0.5) is 0 Å². The number of ketones is 1. The zero-order chi connectivity index (χ0) is 8.72. The fourth-order valence-corrected chi connectivity index (χ4v) is 2.92. The SMILES string of the molecule is O=C1CCc2cc(Cl)cc(I)c21. The molecule has 12 heavy (non-hydrogen) atoms. The van der Waals surface area contributed by atoms with Crippen LogP contribution in [0.3, 0.4) is 0 Å². The summed E-state index contributed by atoms with van der Waals surface area (Å²) < 4.78 is 0.984. The summed E-state index contributed by atoms with van der Waals surface area (Å²) in [4.78, 5) is 11.3. The number of hydrogen-bond donors (Lipinski definition) is 0. The summed E-state index contributed by atoms with van der Waals surface area (Å²) in [5.74, 6) is 0.256. The Morgan fingerprint density at radius 1 is 1.33 bits per heavy atom. The number of fused-ring (bicyclic) bond motifs is 1. The van der Waals surface area contributed by atoms with E-state index in [-0.39, 0.29) is 5.78 Å². The van der Waals surface area contributed by atoms with Crippen molar-refractivity contribution < 1.29 is 4.79 Å². The van der Waals surface area contributed by atoms with Gasteiger partial charge < -0.3 is 0 Å². The first-order chi connectivity index (χ1) is 5.68. The third kappa shape index (κ3) is 1.27. The van der Waals surface area contributed by atoms with Crippen molar-refractivity contribution in [1.82, 2.24) is 0 Å². The molecule has 0 radical (unpaired) electrons. The molecule has 0 amide bonds. The third-order valence-electron chi connectivity index (χ3n) is 2.04. The lowest BCUT2D eigenvalue weighted by atomic mass is 10.1. The van der Waals surface area contributed by atoms with Crippen molar-refractivity contribution in [2.75, 3.05) is 0 Å². The molecular formula is C9H6ClIO. The third-order valence-corrected chi connectivity index (χ3v) is 3.11. The number of hydrogen-bond acceptors (Lipinski definition) is 1. The van der Waals surface area contributed by atoms with Crippen LogP contribution < -0.4 is 0 Å². The van der Waals surface area contributed by atoms with E-state index >= 15 is 0 Å². The Morgan fingerprint density at radius 3 is 2.83 bits per heavy atom. The molecule has 3 heteroatoms. The highest BCUT2D eigenvalue weighted by Gasteiger charge is 2.22. The van der Waals surface area contributed by atoms with Crippen LogP contribution in [0, 0.1) is 3.57 Å². The van der Waals surface area contributed by atoms with E-state index in [1.807, 2.05) is 12.1 Å². The average Bonchev–Trinajstić information content (AvgIpc) is 2.31. The summed E-state index contributed by atoms with van der Waals surface area (Å²) in [5, 5.41) is 0.729. The van der Waals surface area contributed by atoms with E-state index in [4.69, 9.17) is 11.6 Å². The van der Waals surface area contributed by atoms with E-state index in [9.17, 15) is 4.79 Å². The fourth-order valence-electron chi connectivity index (χ4n) is 1.51. The number of carbonyl (C=O) groups is 1. The minimum Gasteiger partial charge on any atom is -0.294 e. The highest BCUT2D eigenvalue weighted by molar-refractivity contribution is 14.1. The second-order valence-electron chi connectivity index (χ2n) is 2.84. The van der Waals surface area contributed by atoms with Crippen LogP contribution in [-0.4, -0.2) is 5.78 Å². The maximum Gasteiger partial charge on any atom is 0.164 e. The van der Waals surface area contributed by atoms with E-state index < -0.39 is 0 Å². The topological polar surface area (TPSA) is 17.1 Å². The van der Waals surface area contributed by atoms with Crippen molar-refractivity contribution in [3.8, 4) is 0 Å². The number of halogens is 2. The average molecular weight is 293 g/mol. The van der Waals surface area contributed by atoms with Crippen molar-refractivity contribution in [2.45, 2.75) is 12.8 Å². The van der Waals surface area contributed by atoms with Gasteiger partial charge in [0.2, 0.25) is 0 Å². The standard InChI is InChI=1S/C9H6ClIO/c10-6-3-5-1-2-8(12)9(5)7(11)4-6/h3-4H,1-2H2. The second kappa shape index (κ2) is 3.00. The molecule has 0 saturated heterocycles. The molecule has 0 unspecified atom stereocenters. The van der Waals surface area contributed by atoms with Gasteiger partial charge in [-0.3, -0.25) is 4.79 Å². The van der Waals surface area contributed by atoms with Crippen LogP contribution >= 0.6 is 34.2 Å². The van der Waals surface area contributed by atoms with Gasteiger partial charge in [0.25, 0.3) is 0 Å². The molecule has 1 nitrogen and oxygen atoms in total. The highest BCUT2D eigenvalue weighted by Crippen LogP contribution is 2.29. The first-order valence-electron chi connectivity index (χ1n) is 3.69. The second-order valence-corrected chi connectivity index (χ2v) is 4.44. The van der Waals surface area contributed by atoms with Crippen molar-refractivity contribution in [2.24, 2.45) is 0 Å². The Morgan fingerprint density at radius 2 is 2.08 bits per heavy atom. The van der Waals surface area contributed by atoms with Gasteiger partial charge in [-0.05, 0) is 46.7 Å². The van der Waals surface area contributed by atoms with Gasteiger partial charge in [-0.25, -0.2) is 0 Å². The normalized spacial score (nSPS) is 15.0. The van der Waals surface area contributed by atoms with Crippen LogP contribution in [0.1, 0.15) is 22.3 Å². The number of carbonyl (C=O) groups excluding carboxylic acids is 1. The van der Waals surface area contributed by atoms with Gasteiger partial charge in [0, 0.05) is 20.6 Å². The maximum absolute atomic E-state index is 11.3. The molecule has 0 heterocycles. The minimum atomic E-state index is 0.256. The van der Waals surface area contributed by atoms with Crippen molar-refractivity contribution in [3.05, 3.63) is 31.9 Å². The summed E-state index contributed by atoms with van der Waals surface area (Å²) in [6.07, 6.45) is 1.50. The molecule has 2 rings (SSSR count). The Hall–Kier alpha value is -0.0900. The molecule has 0 N–H and O–H groups in total. The molecule has 0 spiro atoms. The first kappa shape index (κ1) is 8.51. The molecular weight excluding hydrogens is 286 g/mol. The van der Waals surface area contributed by atoms with Gasteiger partial charge >= 0.3 is 0 Å². The van der Waals surface area contributed by atoms with Gasteiger partial charge in [-0.15, -0.1) is 0 Å². The van der Waals surface area contributed by atoms with Crippen LogP contribution in [-0.2, 0) is 6.42 Å². The Bertz CT molecular complexity index is 360. The van der Waals surface area contributed by atoms with E-state index in [2.05, 4.69) is 22.6 Å². The lowest BCUT2D eigenvalue weighted by molar-refractivity contribution is 0.0994. The van der Waals surface area contributed by atoms with Crippen molar-refractivity contribution in [1.29, 1.82) is 0 Å². The summed E-state index contributed by atoms with van der Waals surface area (Å²) in [6.45, 7) is 0. The monoisotopic (exact) mass is 292 g/mol. The predicted molar refractivity (Wildman–Crippen MR) is 56.8 cm³/mol. The van der Waals surface area contributed by atoms with Crippen LogP contribution in [0.15, 0.2) is 12.1 Å². The van der Waals surface area contributed by atoms with Gasteiger partial charge in [-0.1, -0.05) is 11.6 Å². The number of benzene rings is 1. The smallest absolute Gasteiger partial charge is 0.164 e. The van der Waals surface area contributed by atoms with E-state index in [1.54, 1.807) is 0 Å². The van der Waals surface area contributed by atoms with Crippen molar-refractivity contribution >= 4 is 40.0 Å². The quantitative estimate of drug-likeness (QED) is 0.672. The van der Waals surface area contributed by atoms with Gasteiger partial charge in [0.15, 0.2) is 5.78 Å². The lowest BCUT2D eigenvalue weighted by Gasteiger charge is -2.00. The highest BCUT2D eigenvalue weighted by atomic mass is 127. The molecule has 0 bridgehead atoms. The minimum absolute atomic E-state index is 0.256. The molecule has 0 fully saturated rings. The maximum atomic E-state index is 11.3. The predicted octanol–water partition coefficient (Wildman–Crippen LogP) is 3.07. The van der Waals surface area contributed by atoms with E-state index in [0.29, 0.717) is 6.42 Å². The molecule has 0 aromatic heterocycles.